The van der Waals surface area contributed by atoms with Crippen LogP contribution in [-0.2, 0) is 0 Å². The van der Waals surface area contributed by atoms with E-state index in [0.717, 1.165) is 12.5 Å². The summed E-state index contributed by atoms with van der Waals surface area (Å²) < 4.78 is 32.5. The fourth-order valence-electron chi connectivity index (χ4n) is 1.95. The average Bonchev–Trinajstić information content (AvgIpc) is 2.48. The van der Waals surface area contributed by atoms with Crippen LogP contribution in [0.3, 0.4) is 0 Å². The molecule has 1 amide bonds. The summed E-state index contributed by atoms with van der Waals surface area (Å²) in [5, 5.41) is 0. The summed E-state index contributed by atoms with van der Waals surface area (Å²) in [6.07, 6.45) is 0.776. The third-order valence-corrected chi connectivity index (χ3v) is 2.97. The zero-order valence-corrected chi connectivity index (χ0v) is 11.5. The Morgan fingerprint density at radius 2 is 2.00 bits per heavy atom. The maximum atomic E-state index is 13.8. The quantitative estimate of drug-likeness (QED) is 0.916. The van der Waals surface area contributed by atoms with Crippen molar-refractivity contribution < 1.29 is 18.3 Å². The number of primary amides is 1. The molecule has 2 aromatic rings. The highest BCUT2D eigenvalue weighted by molar-refractivity contribution is 5.97. The molecule has 2 rings (SSSR count). The number of carbonyl (C=O) groups is 1. The Morgan fingerprint density at radius 1 is 1.24 bits per heavy atom. The molecule has 2 N–H and O–H groups in total. The first-order valence-corrected chi connectivity index (χ1v) is 6.55. The van der Waals surface area contributed by atoms with Gasteiger partial charge in [-0.1, -0.05) is 25.1 Å². The molecule has 0 unspecified atom stereocenters. The predicted molar refractivity (Wildman–Crippen MR) is 76.1 cm³/mol. The highest BCUT2D eigenvalue weighted by Gasteiger charge is 2.15. The zero-order valence-electron chi connectivity index (χ0n) is 11.5. The van der Waals surface area contributed by atoms with Gasteiger partial charge in [-0.25, -0.2) is 8.78 Å². The molecule has 0 spiro atoms. The second-order valence-corrected chi connectivity index (χ2v) is 4.53. The summed E-state index contributed by atoms with van der Waals surface area (Å²) >= 11 is 0. The Morgan fingerprint density at radius 3 is 2.67 bits per heavy atom. The van der Waals surface area contributed by atoms with Crippen molar-refractivity contribution in [3.8, 4) is 16.9 Å². The number of rotatable bonds is 5. The molecule has 2 aromatic carbocycles. The fourth-order valence-corrected chi connectivity index (χ4v) is 1.95. The van der Waals surface area contributed by atoms with Gasteiger partial charge in [-0.05, 0) is 30.2 Å². The average molecular weight is 291 g/mol. The molecule has 0 heterocycles. The van der Waals surface area contributed by atoms with E-state index in [1.165, 1.54) is 24.3 Å². The summed E-state index contributed by atoms with van der Waals surface area (Å²) in [6, 6.07) is 8.38. The van der Waals surface area contributed by atoms with E-state index >= 15 is 0 Å². The van der Waals surface area contributed by atoms with Gasteiger partial charge in [0, 0.05) is 5.56 Å². The summed E-state index contributed by atoms with van der Waals surface area (Å²) in [6.45, 7) is 2.37. The van der Waals surface area contributed by atoms with E-state index in [9.17, 15) is 13.6 Å². The van der Waals surface area contributed by atoms with Crippen molar-refractivity contribution in [2.24, 2.45) is 5.73 Å². The van der Waals surface area contributed by atoms with E-state index in [-0.39, 0.29) is 11.1 Å². The van der Waals surface area contributed by atoms with E-state index in [1.54, 1.807) is 6.07 Å². The van der Waals surface area contributed by atoms with Crippen molar-refractivity contribution in [2.75, 3.05) is 6.61 Å². The predicted octanol–water partition coefficient (Wildman–Crippen LogP) is 3.52. The van der Waals surface area contributed by atoms with Crippen LogP contribution < -0.4 is 10.5 Å². The Balaban J connectivity index is 2.49. The van der Waals surface area contributed by atoms with Crippen LogP contribution in [0.4, 0.5) is 8.78 Å². The highest BCUT2D eigenvalue weighted by Crippen LogP contribution is 2.29. The zero-order chi connectivity index (χ0) is 15.4. The smallest absolute Gasteiger partial charge is 0.252 e. The second kappa shape index (κ2) is 6.35. The lowest BCUT2D eigenvalue weighted by Gasteiger charge is -2.11. The molecule has 0 atom stereocenters. The number of hydrogen-bond donors (Lipinski definition) is 1. The molecule has 21 heavy (non-hydrogen) atoms. The van der Waals surface area contributed by atoms with Gasteiger partial charge >= 0.3 is 0 Å². The second-order valence-electron chi connectivity index (χ2n) is 4.53. The van der Waals surface area contributed by atoms with Gasteiger partial charge in [0.15, 0.2) is 11.6 Å². The molecule has 0 saturated heterocycles. The van der Waals surface area contributed by atoms with Crippen LogP contribution in [-0.4, -0.2) is 12.5 Å². The van der Waals surface area contributed by atoms with E-state index in [4.69, 9.17) is 10.5 Å². The van der Waals surface area contributed by atoms with E-state index in [0.29, 0.717) is 17.9 Å². The van der Waals surface area contributed by atoms with Crippen LogP contribution in [0.15, 0.2) is 36.4 Å². The van der Waals surface area contributed by atoms with E-state index in [1.807, 2.05) is 6.92 Å². The molecule has 0 aliphatic rings. The molecular weight excluding hydrogens is 276 g/mol. The summed E-state index contributed by atoms with van der Waals surface area (Å²) in [5.74, 6) is -2.25. The molecule has 0 fully saturated rings. The minimum absolute atomic E-state index is 0.0690. The fraction of sp³-hybridized carbons (Fsp3) is 0.188. The summed E-state index contributed by atoms with van der Waals surface area (Å²) in [5.41, 5.74) is 5.89. The van der Waals surface area contributed by atoms with Crippen molar-refractivity contribution in [1.82, 2.24) is 0 Å². The largest absolute Gasteiger partial charge is 0.493 e. The number of halogens is 2. The standard InChI is InChI=1S/C16H15F2NO2/c1-2-8-21-14-7-6-10(9-12(14)16(19)20)11-4-3-5-13(17)15(11)18/h3-7,9H,2,8H2,1H3,(H2,19,20). The highest BCUT2D eigenvalue weighted by atomic mass is 19.2. The van der Waals surface area contributed by atoms with Gasteiger partial charge in [-0.2, -0.15) is 0 Å². The van der Waals surface area contributed by atoms with Crippen molar-refractivity contribution in [1.29, 1.82) is 0 Å². The van der Waals surface area contributed by atoms with Gasteiger partial charge in [0.2, 0.25) is 0 Å². The van der Waals surface area contributed by atoms with Crippen molar-refractivity contribution in [3.05, 3.63) is 53.6 Å². The van der Waals surface area contributed by atoms with Crippen LogP contribution in [0.2, 0.25) is 0 Å². The van der Waals surface area contributed by atoms with Crippen LogP contribution in [0, 0.1) is 11.6 Å². The lowest BCUT2D eigenvalue weighted by Crippen LogP contribution is -2.13. The maximum absolute atomic E-state index is 13.8. The minimum Gasteiger partial charge on any atom is -0.493 e. The van der Waals surface area contributed by atoms with Gasteiger partial charge in [0.1, 0.15) is 5.75 Å². The molecular formula is C16H15F2NO2. The van der Waals surface area contributed by atoms with Crippen LogP contribution in [0.1, 0.15) is 23.7 Å². The number of amides is 1. The molecule has 0 radical (unpaired) electrons. The van der Waals surface area contributed by atoms with Gasteiger partial charge in [-0.3, -0.25) is 4.79 Å². The molecule has 5 heteroatoms. The number of carbonyl (C=O) groups excluding carboxylic acids is 1. The van der Waals surface area contributed by atoms with Gasteiger partial charge in [0.25, 0.3) is 5.91 Å². The van der Waals surface area contributed by atoms with Crippen LogP contribution >= 0.6 is 0 Å². The molecule has 0 bridgehead atoms. The van der Waals surface area contributed by atoms with Crippen molar-refractivity contribution >= 4 is 5.91 Å². The Kier molecular flexibility index (Phi) is 4.52. The normalized spacial score (nSPS) is 10.4. The van der Waals surface area contributed by atoms with Gasteiger partial charge < -0.3 is 10.5 Å². The SMILES string of the molecule is CCCOc1ccc(-c2cccc(F)c2F)cc1C(N)=O. The topological polar surface area (TPSA) is 52.3 Å². The molecule has 0 saturated carbocycles. The van der Waals surface area contributed by atoms with Gasteiger partial charge in [-0.15, -0.1) is 0 Å². The summed E-state index contributed by atoms with van der Waals surface area (Å²) in [7, 11) is 0. The lowest BCUT2D eigenvalue weighted by molar-refractivity contribution is 0.0996. The van der Waals surface area contributed by atoms with E-state index < -0.39 is 17.5 Å². The maximum Gasteiger partial charge on any atom is 0.252 e. The third-order valence-electron chi connectivity index (χ3n) is 2.97. The lowest BCUT2D eigenvalue weighted by atomic mass is 10.0. The number of ether oxygens (including phenoxy) is 1. The van der Waals surface area contributed by atoms with Gasteiger partial charge in [0.05, 0.1) is 12.2 Å². The first-order valence-electron chi connectivity index (χ1n) is 6.55. The molecule has 110 valence electrons. The van der Waals surface area contributed by atoms with E-state index in [2.05, 4.69) is 0 Å². The Bertz CT molecular complexity index is 671. The molecule has 0 aromatic heterocycles. The summed E-state index contributed by atoms with van der Waals surface area (Å²) in [4.78, 5) is 11.5. The molecule has 3 nitrogen and oxygen atoms in total. The number of nitrogens with two attached hydrogens (primary N) is 1. The molecule has 0 aliphatic heterocycles. The third kappa shape index (κ3) is 3.18. The first kappa shape index (κ1) is 15.0. The van der Waals surface area contributed by atoms with Crippen molar-refractivity contribution in [3.63, 3.8) is 0 Å². The Labute approximate surface area is 121 Å². The number of hydrogen-bond acceptors (Lipinski definition) is 2. The van der Waals surface area contributed by atoms with Crippen LogP contribution in [0.25, 0.3) is 11.1 Å². The number of benzene rings is 2. The van der Waals surface area contributed by atoms with Crippen molar-refractivity contribution in [2.45, 2.75) is 13.3 Å². The first-order chi connectivity index (χ1) is 10.0. The van der Waals surface area contributed by atoms with Crippen LogP contribution in [0.5, 0.6) is 5.75 Å². The molecule has 0 aliphatic carbocycles. The Hall–Kier alpha value is -2.43. The minimum atomic E-state index is -0.963. The monoisotopic (exact) mass is 291 g/mol.